The molecular weight excluding hydrogens is 224 g/mol. The maximum absolute atomic E-state index is 6.41. The van der Waals surface area contributed by atoms with E-state index in [1.165, 1.54) is 5.39 Å². The molecule has 3 heteroatoms. The minimum absolute atomic E-state index is 0.0615. The molecule has 1 saturated heterocycles. The number of rotatable bonds is 2. The number of benzene rings is 1. The van der Waals surface area contributed by atoms with Crippen molar-refractivity contribution >= 4 is 10.8 Å². The number of fused-ring (bicyclic) bond motifs is 1. The molecule has 1 aliphatic heterocycles. The maximum atomic E-state index is 6.41. The van der Waals surface area contributed by atoms with Crippen LogP contribution in [0, 0.1) is 5.92 Å². The van der Waals surface area contributed by atoms with Crippen LogP contribution in [0.25, 0.3) is 10.8 Å². The van der Waals surface area contributed by atoms with Gasteiger partial charge in [-0.3, -0.25) is 4.98 Å². The Hall–Kier alpha value is -1.45. The van der Waals surface area contributed by atoms with Crippen LogP contribution in [0.1, 0.15) is 24.9 Å². The molecule has 3 unspecified atom stereocenters. The second kappa shape index (κ2) is 4.67. The first kappa shape index (κ1) is 11.6. The predicted molar refractivity (Wildman–Crippen MR) is 72.2 cm³/mol. The third-order valence-electron chi connectivity index (χ3n) is 3.87. The van der Waals surface area contributed by atoms with Gasteiger partial charge in [0.1, 0.15) is 0 Å². The molecular formula is C15H18N2O. The first-order valence-corrected chi connectivity index (χ1v) is 6.47. The highest BCUT2D eigenvalue weighted by atomic mass is 16.5. The van der Waals surface area contributed by atoms with E-state index in [2.05, 4.69) is 24.0 Å². The Bertz CT molecular complexity index is 550. The summed E-state index contributed by atoms with van der Waals surface area (Å²) < 4.78 is 5.79. The van der Waals surface area contributed by atoms with Gasteiger partial charge in [-0.05, 0) is 29.4 Å². The number of hydrogen-bond donors (Lipinski definition) is 1. The average molecular weight is 242 g/mol. The minimum atomic E-state index is -0.0615. The average Bonchev–Trinajstić information content (AvgIpc) is 2.83. The van der Waals surface area contributed by atoms with Gasteiger partial charge in [-0.2, -0.15) is 0 Å². The van der Waals surface area contributed by atoms with E-state index in [-0.39, 0.29) is 12.1 Å². The zero-order chi connectivity index (χ0) is 12.5. The quantitative estimate of drug-likeness (QED) is 0.880. The van der Waals surface area contributed by atoms with Crippen LogP contribution in [0.4, 0.5) is 0 Å². The molecule has 3 nitrogen and oxygen atoms in total. The fourth-order valence-corrected chi connectivity index (χ4v) is 2.79. The van der Waals surface area contributed by atoms with E-state index in [1.807, 2.05) is 24.5 Å². The van der Waals surface area contributed by atoms with Gasteiger partial charge in [-0.25, -0.2) is 0 Å². The van der Waals surface area contributed by atoms with Gasteiger partial charge in [0.15, 0.2) is 0 Å². The van der Waals surface area contributed by atoms with E-state index in [0.29, 0.717) is 5.92 Å². The third-order valence-corrected chi connectivity index (χ3v) is 3.87. The van der Waals surface area contributed by atoms with Gasteiger partial charge in [0.05, 0.1) is 12.1 Å². The van der Waals surface area contributed by atoms with Gasteiger partial charge >= 0.3 is 0 Å². The molecule has 0 bridgehead atoms. The highest BCUT2D eigenvalue weighted by Gasteiger charge is 2.31. The summed E-state index contributed by atoms with van der Waals surface area (Å²) >= 11 is 0. The van der Waals surface area contributed by atoms with Crippen molar-refractivity contribution in [2.75, 3.05) is 6.61 Å². The highest BCUT2D eigenvalue weighted by Crippen LogP contribution is 2.32. The van der Waals surface area contributed by atoms with Crippen molar-refractivity contribution in [2.24, 2.45) is 11.7 Å². The van der Waals surface area contributed by atoms with Crippen molar-refractivity contribution in [3.8, 4) is 0 Å². The zero-order valence-corrected chi connectivity index (χ0v) is 10.5. The van der Waals surface area contributed by atoms with Crippen molar-refractivity contribution < 1.29 is 4.74 Å². The third kappa shape index (κ3) is 1.89. The van der Waals surface area contributed by atoms with Gasteiger partial charge in [-0.1, -0.05) is 25.1 Å². The molecule has 1 aromatic carbocycles. The number of pyridine rings is 1. The summed E-state index contributed by atoms with van der Waals surface area (Å²) in [4.78, 5) is 4.15. The van der Waals surface area contributed by atoms with Gasteiger partial charge in [0, 0.05) is 24.4 Å². The molecule has 0 spiro atoms. The van der Waals surface area contributed by atoms with Crippen molar-refractivity contribution in [3.63, 3.8) is 0 Å². The summed E-state index contributed by atoms with van der Waals surface area (Å²) in [6.45, 7) is 3.04. The molecule has 0 amide bonds. The fourth-order valence-electron chi connectivity index (χ4n) is 2.79. The zero-order valence-electron chi connectivity index (χ0n) is 10.5. The summed E-state index contributed by atoms with van der Waals surface area (Å²) in [6.07, 6.45) is 4.93. The fraction of sp³-hybridized carbons (Fsp3) is 0.400. The first-order chi connectivity index (χ1) is 8.77. The second-order valence-electron chi connectivity index (χ2n) is 5.07. The van der Waals surface area contributed by atoms with Crippen molar-refractivity contribution in [1.82, 2.24) is 4.98 Å². The smallest absolute Gasteiger partial charge is 0.0794 e. The molecule has 0 radical (unpaired) electrons. The molecule has 0 saturated carbocycles. The molecule has 1 aromatic heterocycles. The van der Waals surface area contributed by atoms with Gasteiger partial charge in [-0.15, -0.1) is 0 Å². The number of aromatic nitrogens is 1. The van der Waals surface area contributed by atoms with Crippen LogP contribution < -0.4 is 5.73 Å². The number of nitrogens with two attached hydrogens (primary N) is 1. The highest BCUT2D eigenvalue weighted by molar-refractivity contribution is 5.85. The Kier molecular flexibility index (Phi) is 3.02. The molecule has 94 valence electrons. The summed E-state index contributed by atoms with van der Waals surface area (Å²) in [6, 6.07) is 8.18. The molecule has 18 heavy (non-hydrogen) atoms. The Morgan fingerprint density at radius 1 is 1.39 bits per heavy atom. The van der Waals surface area contributed by atoms with Crippen molar-refractivity contribution in [1.29, 1.82) is 0 Å². The topological polar surface area (TPSA) is 48.1 Å². The van der Waals surface area contributed by atoms with E-state index in [4.69, 9.17) is 10.5 Å². The summed E-state index contributed by atoms with van der Waals surface area (Å²) in [5, 5.41) is 2.32. The van der Waals surface area contributed by atoms with Crippen molar-refractivity contribution in [3.05, 3.63) is 42.2 Å². The largest absolute Gasteiger partial charge is 0.376 e. The Labute approximate surface area is 107 Å². The van der Waals surface area contributed by atoms with E-state index < -0.39 is 0 Å². The van der Waals surface area contributed by atoms with Crippen LogP contribution in [0.2, 0.25) is 0 Å². The summed E-state index contributed by atoms with van der Waals surface area (Å²) in [5.74, 6) is 0.525. The lowest BCUT2D eigenvalue weighted by Gasteiger charge is -2.23. The maximum Gasteiger partial charge on any atom is 0.0794 e. The Morgan fingerprint density at radius 3 is 3.06 bits per heavy atom. The van der Waals surface area contributed by atoms with Gasteiger partial charge in [0.2, 0.25) is 0 Å². The monoisotopic (exact) mass is 242 g/mol. The lowest BCUT2D eigenvalue weighted by Crippen LogP contribution is -2.30. The summed E-state index contributed by atoms with van der Waals surface area (Å²) in [5.41, 5.74) is 7.57. The van der Waals surface area contributed by atoms with Crippen LogP contribution in [-0.2, 0) is 4.74 Å². The minimum Gasteiger partial charge on any atom is -0.376 e. The van der Waals surface area contributed by atoms with Crippen molar-refractivity contribution in [2.45, 2.75) is 25.5 Å². The standard InChI is InChI=1S/C15H18N2O/c1-10-6-8-18-15(10)14(16)13-4-2-3-11-9-17-7-5-12(11)13/h2-5,7,9-10,14-15H,6,8,16H2,1H3. The molecule has 3 atom stereocenters. The Morgan fingerprint density at radius 2 is 2.28 bits per heavy atom. The number of ether oxygens (including phenoxy) is 1. The van der Waals surface area contributed by atoms with Crippen LogP contribution in [0.3, 0.4) is 0 Å². The SMILES string of the molecule is CC1CCOC1C(N)c1cccc2cnccc12. The molecule has 1 fully saturated rings. The lowest BCUT2D eigenvalue weighted by atomic mass is 9.91. The van der Waals surface area contributed by atoms with Gasteiger partial charge in [0.25, 0.3) is 0 Å². The molecule has 2 aromatic rings. The Balaban J connectivity index is 2.03. The summed E-state index contributed by atoms with van der Waals surface area (Å²) in [7, 11) is 0. The number of hydrogen-bond acceptors (Lipinski definition) is 3. The molecule has 2 N–H and O–H groups in total. The van der Waals surface area contributed by atoms with E-state index in [1.54, 1.807) is 0 Å². The van der Waals surface area contributed by atoms with E-state index >= 15 is 0 Å². The van der Waals surface area contributed by atoms with Crippen LogP contribution in [0.5, 0.6) is 0 Å². The predicted octanol–water partition coefficient (Wildman–Crippen LogP) is 2.66. The second-order valence-corrected chi connectivity index (χ2v) is 5.07. The first-order valence-electron chi connectivity index (χ1n) is 6.47. The van der Waals surface area contributed by atoms with Gasteiger partial charge < -0.3 is 10.5 Å². The van der Waals surface area contributed by atoms with Crippen LogP contribution in [0.15, 0.2) is 36.7 Å². The van der Waals surface area contributed by atoms with Crippen LogP contribution in [-0.4, -0.2) is 17.7 Å². The normalized spacial score (nSPS) is 25.4. The lowest BCUT2D eigenvalue weighted by molar-refractivity contribution is 0.0728. The molecule has 3 rings (SSSR count). The molecule has 0 aliphatic carbocycles. The van der Waals surface area contributed by atoms with E-state index in [9.17, 15) is 0 Å². The number of nitrogens with zero attached hydrogens (tertiary/aromatic N) is 1. The molecule has 1 aliphatic rings. The van der Waals surface area contributed by atoms with Crippen LogP contribution >= 0.6 is 0 Å². The molecule has 2 heterocycles. The van der Waals surface area contributed by atoms with E-state index in [0.717, 1.165) is 24.0 Å².